The van der Waals surface area contributed by atoms with Crippen LogP contribution in [0.25, 0.3) is 55.0 Å². The second kappa shape index (κ2) is 8.54. The van der Waals surface area contributed by atoms with E-state index in [-0.39, 0.29) is 0 Å². The summed E-state index contributed by atoms with van der Waals surface area (Å²) in [6.45, 7) is 0. The van der Waals surface area contributed by atoms with Crippen molar-refractivity contribution in [2.45, 2.75) is 6.42 Å². The molecule has 3 nitrogen and oxygen atoms in total. The van der Waals surface area contributed by atoms with Crippen molar-refractivity contribution < 1.29 is 0 Å². The number of aromatic nitrogens is 2. The van der Waals surface area contributed by atoms with Crippen LogP contribution >= 0.6 is 0 Å². The number of hydrogen-bond acceptors (Lipinski definition) is 1. The third-order valence-electron chi connectivity index (χ3n) is 8.53. The van der Waals surface area contributed by atoms with Gasteiger partial charge in [0.15, 0.2) is 0 Å². The Morgan fingerprint density at radius 3 is 1.76 bits per heavy atom. The standard InChI is InChI=1S/C38H25N3/c1-3-12-27(13-4-1)40-35-18-10-8-16-29(35)31-23-32-30-20-19-26(34-21-25-11-7-9-17-33(25)39-34)22-36(30)41(38(32)24-37(31)40)28-14-5-2-6-15-28/h1-20,22-24H,21H2. The summed E-state index contributed by atoms with van der Waals surface area (Å²) in [6, 6.07) is 50.3. The molecule has 1 aliphatic heterocycles. The Morgan fingerprint density at radius 2 is 1.02 bits per heavy atom. The molecule has 3 heteroatoms. The molecule has 0 aliphatic carbocycles. The van der Waals surface area contributed by atoms with Gasteiger partial charge in [0.25, 0.3) is 0 Å². The van der Waals surface area contributed by atoms with Crippen molar-refractivity contribution in [3.05, 3.63) is 151 Å². The summed E-state index contributed by atoms with van der Waals surface area (Å²) in [5, 5.41) is 5.05. The molecule has 1 aliphatic rings. The van der Waals surface area contributed by atoms with Crippen molar-refractivity contribution in [2.24, 2.45) is 4.99 Å². The van der Waals surface area contributed by atoms with Crippen LogP contribution in [0.2, 0.25) is 0 Å². The van der Waals surface area contributed by atoms with Gasteiger partial charge in [0.2, 0.25) is 0 Å². The van der Waals surface area contributed by atoms with Gasteiger partial charge in [-0.1, -0.05) is 84.9 Å². The molecule has 0 radical (unpaired) electrons. The fourth-order valence-corrected chi connectivity index (χ4v) is 6.67. The summed E-state index contributed by atoms with van der Waals surface area (Å²) in [7, 11) is 0. The quantitative estimate of drug-likeness (QED) is 0.220. The summed E-state index contributed by atoms with van der Waals surface area (Å²) in [6.07, 6.45) is 0.865. The van der Waals surface area contributed by atoms with E-state index in [0.29, 0.717) is 0 Å². The van der Waals surface area contributed by atoms with Crippen molar-refractivity contribution in [1.82, 2.24) is 9.13 Å². The lowest BCUT2D eigenvalue weighted by molar-refractivity contribution is 1.16. The van der Waals surface area contributed by atoms with Gasteiger partial charge in [-0.2, -0.15) is 0 Å². The summed E-state index contributed by atoms with van der Waals surface area (Å²) in [4.78, 5) is 5.00. The van der Waals surface area contributed by atoms with Gasteiger partial charge in [-0.05, 0) is 65.7 Å². The predicted molar refractivity (Wildman–Crippen MR) is 171 cm³/mol. The number of rotatable bonds is 3. The number of nitrogens with zero attached hydrogens (tertiary/aromatic N) is 3. The molecule has 0 amide bonds. The van der Waals surface area contributed by atoms with E-state index >= 15 is 0 Å². The predicted octanol–water partition coefficient (Wildman–Crippen LogP) is 9.56. The van der Waals surface area contributed by atoms with E-state index in [4.69, 9.17) is 4.99 Å². The molecule has 3 heterocycles. The summed E-state index contributed by atoms with van der Waals surface area (Å²) < 4.78 is 4.82. The fraction of sp³-hybridized carbons (Fsp3) is 0.0263. The van der Waals surface area contributed by atoms with E-state index in [1.165, 1.54) is 60.4 Å². The Kier molecular flexibility index (Phi) is 4.67. The van der Waals surface area contributed by atoms with Crippen molar-refractivity contribution in [3.8, 4) is 11.4 Å². The zero-order chi connectivity index (χ0) is 26.9. The van der Waals surface area contributed by atoms with Gasteiger partial charge in [-0.3, -0.25) is 4.99 Å². The van der Waals surface area contributed by atoms with Gasteiger partial charge in [-0.25, -0.2) is 0 Å². The number of para-hydroxylation sites is 4. The van der Waals surface area contributed by atoms with Gasteiger partial charge in [0.05, 0.1) is 33.5 Å². The first-order valence-corrected chi connectivity index (χ1v) is 14.1. The molecule has 6 aromatic carbocycles. The minimum atomic E-state index is 0.865. The first-order chi connectivity index (χ1) is 20.3. The van der Waals surface area contributed by atoms with Gasteiger partial charge in [0.1, 0.15) is 0 Å². The maximum absolute atomic E-state index is 5.00. The average molecular weight is 524 g/mol. The van der Waals surface area contributed by atoms with Crippen LogP contribution in [0.5, 0.6) is 0 Å². The largest absolute Gasteiger partial charge is 0.309 e. The normalized spacial score (nSPS) is 12.9. The molecule has 0 fully saturated rings. The maximum atomic E-state index is 5.00. The van der Waals surface area contributed by atoms with E-state index in [0.717, 1.165) is 23.5 Å². The Labute approximate surface area is 237 Å². The second-order valence-corrected chi connectivity index (χ2v) is 10.8. The van der Waals surface area contributed by atoms with E-state index in [1.54, 1.807) is 0 Å². The molecule has 41 heavy (non-hydrogen) atoms. The Bertz CT molecular complexity index is 2320. The summed E-state index contributed by atoms with van der Waals surface area (Å²) in [5.41, 5.74) is 11.8. The minimum absolute atomic E-state index is 0.865. The zero-order valence-corrected chi connectivity index (χ0v) is 22.3. The summed E-state index contributed by atoms with van der Waals surface area (Å²) in [5.74, 6) is 0. The molecule has 0 unspecified atom stereocenters. The second-order valence-electron chi connectivity index (χ2n) is 10.8. The molecule has 0 atom stereocenters. The SMILES string of the molecule is c1ccc(-n2c3ccccc3c3cc4c5ccc(C6=Nc7ccccc7C6)cc5n(-c5ccccc5)c4cc32)cc1. The van der Waals surface area contributed by atoms with Crippen LogP contribution in [-0.2, 0) is 6.42 Å². The Morgan fingerprint density at radius 1 is 0.439 bits per heavy atom. The number of aliphatic imine (C=N–C) groups is 1. The van der Waals surface area contributed by atoms with E-state index in [9.17, 15) is 0 Å². The molecule has 8 aromatic rings. The van der Waals surface area contributed by atoms with Gasteiger partial charge in [-0.15, -0.1) is 0 Å². The third-order valence-corrected chi connectivity index (χ3v) is 8.53. The molecule has 2 aromatic heterocycles. The highest BCUT2D eigenvalue weighted by atomic mass is 15.0. The van der Waals surface area contributed by atoms with E-state index < -0.39 is 0 Å². The van der Waals surface area contributed by atoms with Crippen molar-refractivity contribution in [1.29, 1.82) is 0 Å². The topological polar surface area (TPSA) is 22.2 Å². The zero-order valence-electron chi connectivity index (χ0n) is 22.3. The lowest BCUT2D eigenvalue weighted by Gasteiger charge is -2.10. The van der Waals surface area contributed by atoms with Crippen LogP contribution in [0.1, 0.15) is 11.1 Å². The molecule has 0 spiro atoms. The van der Waals surface area contributed by atoms with Crippen LogP contribution in [0.4, 0.5) is 5.69 Å². The molecular formula is C38H25N3. The average Bonchev–Trinajstić information content (AvgIpc) is 3.70. The van der Waals surface area contributed by atoms with Crippen LogP contribution in [0.3, 0.4) is 0 Å². The minimum Gasteiger partial charge on any atom is -0.309 e. The molecule has 9 rings (SSSR count). The number of hydrogen-bond donors (Lipinski definition) is 0. The molecule has 0 saturated carbocycles. The van der Waals surface area contributed by atoms with Gasteiger partial charge < -0.3 is 9.13 Å². The Hall–Kier alpha value is -5.41. The summed E-state index contributed by atoms with van der Waals surface area (Å²) >= 11 is 0. The van der Waals surface area contributed by atoms with Crippen LogP contribution in [0.15, 0.2) is 145 Å². The number of benzene rings is 6. The van der Waals surface area contributed by atoms with Crippen LogP contribution in [0, 0.1) is 0 Å². The monoisotopic (exact) mass is 523 g/mol. The molecular weight excluding hydrogens is 498 g/mol. The van der Waals surface area contributed by atoms with Crippen molar-refractivity contribution >= 4 is 55.0 Å². The molecule has 0 saturated heterocycles. The van der Waals surface area contributed by atoms with E-state index in [2.05, 4.69) is 149 Å². The first-order valence-electron chi connectivity index (χ1n) is 14.1. The van der Waals surface area contributed by atoms with Gasteiger partial charge >= 0.3 is 0 Å². The van der Waals surface area contributed by atoms with Crippen molar-refractivity contribution in [3.63, 3.8) is 0 Å². The smallest absolute Gasteiger partial charge is 0.0669 e. The highest BCUT2D eigenvalue weighted by Crippen LogP contribution is 2.40. The van der Waals surface area contributed by atoms with Crippen molar-refractivity contribution in [2.75, 3.05) is 0 Å². The fourth-order valence-electron chi connectivity index (χ4n) is 6.67. The Balaban J connectivity index is 1.38. The number of fused-ring (bicyclic) bond motifs is 7. The van der Waals surface area contributed by atoms with Crippen LogP contribution in [-0.4, -0.2) is 14.8 Å². The van der Waals surface area contributed by atoms with E-state index in [1.807, 2.05) is 0 Å². The third kappa shape index (κ3) is 3.30. The molecule has 0 bridgehead atoms. The highest BCUT2D eigenvalue weighted by Gasteiger charge is 2.21. The molecule has 192 valence electrons. The maximum Gasteiger partial charge on any atom is 0.0669 e. The lowest BCUT2D eigenvalue weighted by atomic mass is 10.0. The first kappa shape index (κ1) is 22.4. The van der Waals surface area contributed by atoms with Crippen LogP contribution < -0.4 is 0 Å². The lowest BCUT2D eigenvalue weighted by Crippen LogP contribution is -2.01. The highest BCUT2D eigenvalue weighted by molar-refractivity contribution is 6.20. The molecule has 0 N–H and O–H groups in total. The van der Waals surface area contributed by atoms with Gasteiger partial charge in [0, 0.05) is 39.3 Å².